The van der Waals surface area contributed by atoms with Crippen LogP contribution in [0.25, 0.3) is 6.08 Å². The van der Waals surface area contributed by atoms with Crippen LogP contribution in [0.4, 0.5) is 0 Å². The summed E-state index contributed by atoms with van der Waals surface area (Å²) in [5.41, 5.74) is 0.491. The first-order chi connectivity index (χ1) is 16.2. The highest BCUT2D eigenvalue weighted by atomic mass is 16.6. The van der Waals surface area contributed by atoms with E-state index in [1.807, 2.05) is 0 Å². The maximum absolute atomic E-state index is 12.3. The molecule has 1 aromatic carbocycles. The third-order valence-corrected chi connectivity index (χ3v) is 4.79. The Hall–Kier alpha value is -3.57. The van der Waals surface area contributed by atoms with Crippen LogP contribution in [-0.2, 0) is 28.6 Å². The molecule has 0 radical (unpaired) electrons. The number of carbonyl (C=O) groups excluding carboxylic acids is 3. The van der Waals surface area contributed by atoms with Gasteiger partial charge in [-0.05, 0) is 36.3 Å². The van der Waals surface area contributed by atoms with E-state index < -0.39 is 30.2 Å². The van der Waals surface area contributed by atoms with Crippen molar-refractivity contribution in [1.82, 2.24) is 5.32 Å². The Morgan fingerprint density at radius 3 is 2.62 bits per heavy atom. The number of ether oxygens (including phenoxy) is 3. The minimum atomic E-state index is -1.10. The molecule has 1 heterocycles. The van der Waals surface area contributed by atoms with E-state index in [4.69, 9.17) is 19.3 Å². The lowest BCUT2D eigenvalue weighted by molar-refractivity contribution is -0.148. The normalized spacial score (nSPS) is 18.5. The Morgan fingerprint density at radius 2 is 1.94 bits per heavy atom. The quantitative estimate of drug-likeness (QED) is 0.130. The van der Waals surface area contributed by atoms with Gasteiger partial charge >= 0.3 is 11.9 Å². The summed E-state index contributed by atoms with van der Waals surface area (Å²) in [5, 5.41) is 40.6. The third-order valence-electron chi connectivity index (χ3n) is 4.79. The molecule has 11 nitrogen and oxygen atoms in total. The van der Waals surface area contributed by atoms with Crippen LogP contribution in [0.5, 0.6) is 11.5 Å². The maximum Gasteiger partial charge on any atom is 0.373 e. The third kappa shape index (κ3) is 8.41. The molecule has 0 unspecified atom stereocenters. The minimum Gasteiger partial charge on any atom is -0.504 e. The van der Waals surface area contributed by atoms with Crippen molar-refractivity contribution in [2.45, 2.75) is 44.4 Å². The number of hydrogen-bond donors (Lipinski definition) is 5. The number of hydrogen-bond acceptors (Lipinski definition) is 10. The molecule has 0 bridgehead atoms. The molecule has 3 atom stereocenters. The molecule has 11 heteroatoms. The summed E-state index contributed by atoms with van der Waals surface area (Å²) in [6, 6.07) is 3.52. The number of phenolic OH excluding ortho intramolecular Hbond substituents is 2. The van der Waals surface area contributed by atoms with Crippen molar-refractivity contribution in [3.8, 4) is 11.5 Å². The first-order valence-electron chi connectivity index (χ1n) is 10.7. The standard InChI is InChI=1S/C23H29NO10/c1-14(26)24-16-5-7-20(34-22(16)18(28)9-10-25)23(31)33-12-2-11-32-21(30)8-4-15-3-6-17(27)19(29)13-15/h3-4,6-8,13,16,18,22,25,27-29H,2,5,9-12H2,1H3,(H,24,26)/b8-4+/t16-,18-,22-/m1/s1. The second-order valence-electron chi connectivity index (χ2n) is 7.51. The van der Waals surface area contributed by atoms with E-state index in [1.165, 1.54) is 37.3 Å². The molecular weight excluding hydrogens is 450 g/mol. The van der Waals surface area contributed by atoms with Crippen LogP contribution < -0.4 is 5.32 Å². The van der Waals surface area contributed by atoms with Crippen molar-refractivity contribution in [3.63, 3.8) is 0 Å². The highest BCUT2D eigenvalue weighted by Gasteiger charge is 2.35. The first-order valence-corrected chi connectivity index (χ1v) is 10.7. The van der Waals surface area contributed by atoms with E-state index in [2.05, 4.69) is 5.32 Å². The zero-order valence-electron chi connectivity index (χ0n) is 18.7. The van der Waals surface area contributed by atoms with Crippen molar-refractivity contribution in [2.24, 2.45) is 0 Å². The molecule has 1 amide bonds. The van der Waals surface area contributed by atoms with Gasteiger partial charge in [0.1, 0.15) is 6.10 Å². The smallest absolute Gasteiger partial charge is 0.373 e. The fraction of sp³-hybridized carbons (Fsp3) is 0.435. The molecule has 1 aliphatic rings. The number of amides is 1. The number of rotatable bonds is 11. The average Bonchev–Trinajstić information content (AvgIpc) is 2.79. The number of carbonyl (C=O) groups is 3. The largest absolute Gasteiger partial charge is 0.504 e. The number of nitrogens with one attached hydrogen (secondary N) is 1. The Labute approximate surface area is 196 Å². The molecule has 0 aromatic heterocycles. The number of phenols is 2. The summed E-state index contributed by atoms with van der Waals surface area (Å²) < 4.78 is 15.7. The topological polar surface area (TPSA) is 172 Å². The summed E-state index contributed by atoms with van der Waals surface area (Å²) >= 11 is 0. The van der Waals surface area contributed by atoms with Crippen LogP contribution in [-0.4, -0.2) is 76.3 Å². The molecule has 186 valence electrons. The van der Waals surface area contributed by atoms with Crippen molar-refractivity contribution in [3.05, 3.63) is 41.7 Å². The summed E-state index contributed by atoms with van der Waals surface area (Å²) in [5.74, 6) is -2.41. The van der Waals surface area contributed by atoms with Crippen LogP contribution in [0.3, 0.4) is 0 Å². The van der Waals surface area contributed by atoms with Crippen LogP contribution in [0.2, 0.25) is 0 Å². The molecule has 0 aliphatic carbocycles. The summed E-state index contributed by atoms with van der Waals surface area (Å²) in [6.45, 7) is 0.966. The Morgan fingerprint density at radius 1 is 1.21 bits per heavy atom. The fourth-order valence-corrected chi connectivity index (χ4v) is 3.15. The zero-order chi connectivity index (χ0) is 25.1. The molecule has 5 N–H and O–H groups in total. The number of aliphatic hydroxyl groups excluding tert-OH is 2. The summed E-state index contributed by atoms with van der Waals surface area (Å²) in [6.07, 6.45) is 2.46. The summed E-state index contributed by atoms with van der Waals surface area (Å²) in [4.78, 5) is 35.4. The van der Waals surface area contributed by atoms with Crippen LogP contribution in [0.1, 0.15) is 31.7 Å². The molecular formula is C23H29NO10. The lowest BCUT2D eigenvalue weighted by Gasteiger charge is -2.34. The molecule has 2 rings (SSSR count). The number of esters is 2. The van der Waals surface area contributed by atoms with Gasteiger partial charge in [0.15, 0.2) is 11.5 Å². The van der Waals surface area contributed by atoms with Gasteiger partial charge in [-0.3, -0.25) is 4.79 Å². The van der Waals surface area contributed by atoms with E-state index >= 15 is 0 Å². The SMILES string of the molecule is CC(=O)N[C@@H]1CC=C(C(=O)OCCCOC(=O)/C=C/c2ccc(O)c(O)c2)O[C@H]1[C@H](O)CCO. The lowest BCUT2D eigenvalue weighted by atomic mass is 9.97. The first kappa shape index (κ1) is 26.7. The molecule has 0 saturated heterocycles. The van der Waals surface area contributed by atoms with Gasteiger partial charge < -0.3 is 40.0 Å². The van der Waals surface area contributed by atoms with Gasteiger partial charge in [0.25, 0.3) is 0 Å². The molecule has 1 aromatic rings. The monoisotopic (exact) mass is 479 g/mol. The van der Waals surface area contributed by atoms with E-state index in [0.29, 0.717) is 5.56 Å². The highest BCUT2D eigenvalue weighted by Crippen LogP contribution is 2.25. The molecule has 0 fully saturated rings. The van der Waals surface area contributed by atoms with Crippen molar-refractivity contribution < 1.29 is 49.0 Å². The van der Waals surface area contributed by atoms with E-state index in [9.17, 15) is 29.7 Å². The van der Waals surface area contributed by atoms with Crippen molar-refractivity contribution >= 4 is 23.9 Å². The maximum atomic E-state index is 12.3. The Kier molecular flexibility index (Phi) is 10.4. The Bertz CT molecular complexity index is 926. The second kappa shape index (κ2) is 13.2. The number of aromatic hydroxyl groups is 2. The molecule has 0 spiro atoms. The van der Waals surface area contributed by atoms with Gasteiger partial charge in [-0.15, -0.1) is 0 Å². The van der Waals surface area contributed by atoms with Gasteiger partial charge in [-0.1, -0.05) is 6.07 Å². The minimum absolute atomic E-state index is 0.0107. The Balaban J connectivity index is 1.75. The summed E-state index contributed by atoms with van der Waals surface area (Å²) in [7, 11) is 0. The molecule has 1 aliphatic heterocycles. The van der Waals surface area contributed by atoms with E-state index in [0.717, 1.165) is 6.08 Å². The number of aliphatic hydroxyl groups is 2. The average molecular weight is 479 g/mol. The van der Waals surface area contributed by atoms with Crippen molar-refractivity contribution in [2.75, 3.05) is 19.8 Å². The van der Waals surface area contributed by atoms with Crippen LogP contribution in [0, 0.1) is 0 Å². The zero-order valence-corrected chi connectivity index (χ0v) is 18.7. The van der Waals surface area contributed by atoms with Gasteiger partial charge in [0.2, 0.25) is 11.7 Å². The van der Waals surface area contributed by atoms with Crippen molar-refractivity contribution in [1.29, 1.82) is 0 Å². The number of benzene rings is 1. The fourth-order valence-electron chi connectivity index (χ4n) is 3.15. The van der Waals surface area contributed by atoms with E-state index in [1.54, 1.807) is 0 Å². The lowest BCUT2D eigenvalue weighted by Crippen LogP contribution is -2.51. The molecule has 34 heavy (non-hydrogen) atoms. The van der Waals surface area contributed by atoms with Gasteiger partial charge in [0, 0.05) is 32.4 Å². The van der Waals surface area contributed by atoms with E-state index in [-0.39, 0.29) is 62.2 Å². The van der Waals surface area contributed by atoms with Crippen LogP contribution >= 0.6 is 0 Å². The second-order valence-corrected chi connectivity index (χ2v) is 7.51. The van der Waals surface area contributed by atoms with Gasteiger partial charge in [-0.2, -0.15) is 0 Å². The highest BCUT2D eigenvalue weighted by molar-refractivity contribution is 5.87. The molecule has 0 saturated carbocycles. The van der Waals surface area contributed by atoms with Gasteiger partial charge in [-0.25, -0.2) is 9.59 Å². The predicted molar refractivity (Wildman–Crippen MR) is 118 cm³/mol. The van der Waals surface area contributed by atoms with Gasteiger partial charge in [0.05, 0.1) is 25.4 Å². The predicted octanol–water partition coefficient (Wildman–Crippen LogP) is 0.508. The van der Waals surface area contributed by atoms with Crippen LogP contribution in [0.15, 0.2) is 36.1 Å².